The molecule has 3 rings (SSSR count). The molecule has 0 fully saturated rings. The fraction of sp³-hybridized carbons (Fsp3) is 0.259. The molecule has 0 saturated heterocycles. The number of anilines is 2. The lowest BCUT2D eigenvalue weighted by Gasteiger charge is -2.31. The Morgan fingerprint density at radius 1 is 1.00 bits per heavy atom. The van der Waals surface area contributed by atoms with Gasteiger partial charge < -0.3 is 15.4 Å². The van der Waals surface area contributed by atoms with E-state index in [0.29, 0.717) is 17.1 Å². The second kappa shape index (κ2) is 13.1. The summed E-state index contributed by atoms with van der Waals surface area (Å²) in [5, 5.41) is 5.42. The topological polar surface area (TPSA) is 101 Å². The molecule has 9 heteroatoms. The van der Waals surface area contributed by atoms with Crippen molar-refractivity contribution in [2.24, 2.45) is 0 Å². The lowest BCUT2D eigenvalue weighted by atomic mass is 10.0. The van der Waals surface area contributed by atoms with E-state index in [1.165, 1.54) is 36.3 Å². The second-order valence-electron chi connectivity index (χ2n) is 8.10. The van der Waals surface area contributed by atoms with E-state index in [-0.39, 0.29) is 31.9 Å². The summed E-state index contributed by atoms with van der Waals surface area (Å²) in [6, 6.07) is 16.6. The van der Waals surface area contributed by atoms with Crippen LogP contribution in [0.4, 0.5) is 15.9 Å². The number of aromatic nitrogens is 1. The van der Waals surface area contributed by atoms with Crippen molar-refractivity contribution < 1.29 is 23.5 Å². The largest absolute Gasteiger partial charge is 0.383 e. The van der Waals surface area contributed by atoms with Crippen molar-refractivity contribution in [3.63, 3.8) is 0 Å². The molecule has 0 aliphatic heterocycles. The molecule has 8 nitrogen and oxygen atoms in total. The summed E-state index contributed by atoms with van der Waals surface area (Å²) in [5.74, 6) is -1.35. The first-order valence-electron chi connectivity index (χ1n) is 11.5. The highest BCUT2D eigenvalue weighted by Gasteiger charge is 2.32. The van der Waals surface area contributed by atoms with E-state index >= 15 is 0 Å². The molecule has 2 N–H and O–H groups in total. The van der Waals surface area contributed by atoms with Crippen LogP contribution in [0, 0.1) is 12.7 Å². The van der Waals surface area contributed by atoms with Crippen molar-refractivity contribution in [2.45, 2.75) is 25.8 Å². The summed E-state index contributed by atoms with van der Waals surface area (Å²) < 4.78 is 18.7. The third-order valence-electron chi connectivity index (χ3n) is 5.38. The first-order valence-corrected chi connectivity index (χ1v) is 11.5. The monoisotopic (exact) mass is 492 g/mol. The zero-order valence-electron chi connectivity index (χ0n) is 20.2. The molecule has 0 bridgehead atoms. The van der Waals surface area contributed by atoms with Crippen LogP contribution in [0.1, 0.15) is 30.0 Å². The van der Waals surface area contributed by atoms with Crippen LogP contribution >= 0.6 is 0 Å². The summed E-state index contributed by atoms with van der Waals surface area (Å²) in [5.41, 5.74) is 1.88. The van der Waals surface area contributed by atoms with Gasteiger partial charge in [0, 0.05) is 38.4 Å². The zero-order valence-corrected chi connectivity index (χ0v) is 20.2. The van der Waals surface area contributed by atoms with Gasteiger partial charge in [-0.2, -0.15) is 0 Å². The van der Waals surface area contributed by atoms with E-state index in [0.717, 1.165) is 5.56 Å². The standard InChI is InChI=1S/C27H29FN4O4/c1-19-6-12-22(13-7-19)32(25(34)15-14-24(33)31-23-5-3-4-16-29-23)26(27(35)30-17-18-36-2)20-8-10-21(28)11-9-20/h3-13,16,26H,14-15,17-18H2,1-2H3,(H,30,35)(H,29,31,33)/t26-/m1/s1. The van der Waals surface area contributed by atoms with Crippen LogP contribution in [0.5, 0.6) is 0 Å². The van der Waals surface area contributed by atoms with Crippen molar-refractivity contribution in [3.8, 4) is 0 Å². The molecule has 0 radical (unpaired) electrons. The Morgan fingerprint density at radius 3 is 2.36 bits per heavy atom. The maximum Gasteiger partial charge on any atom is 0.247 e. The highest BCUT2D eigenvalue weighted by atomic mass is 19.1. The molecular formula is C27H29FN4O4. The Balaban J connectivity index is 1.89. The van der Waals surface area contributed by atoms with Gasteiger partial charge in [0.2, 0.25) is 17.7 Å². The third kappa shape index (κ3) is 7.44. The number of carbonyl (C=O) groups excluding carboxylic acids is 3. The van der Waals surface area contributed by atoms with E-state index < -0.39 is 23.7 Å². The Bertz CT molecular complexity index is 1150. The van der Waals surface area contributed by atoms with Gasteiger partial charge in [-0.25, -0.2) is 9.37 Å². The summed E-state index contributed by atoms with van der Waals surface area (Å²) in [6.07, 6.45) is 1.28. The van der Waals surface area contributed by atoms with Crippen LogP contribution in [0.15, 0.2) is 72.9 Å². The normalized spacial score (nSPS) is 11.4. The number of pyridine rings is 1. The lowest BCUT2D eigenvalue weighted by molar-refractivity contribution is -0.127. The molecule has 0 spiro atoms. The number of benzene rings is 2. The number of rotatable bonds is 11. The predicted octanol–water partition coefficient (Wildman–Crippen LogP) is 3.78. The van der Waals surface area contributed by atoms with Crippen molar-refractivity contribution in [3.05, 3.63) is 89.9 Å². The van der Waals surface area contributed by atoms with E-state index in [1.807, 2.05) is 19.1 Å². The van der Waals surface area contributed by atoms with Gasteiger partial charge in [0.15, 0.2) is 0 Å². The molecule has 1 heterocycles. The minimum absolute atomic E-state index is 0.112. The van der Waals surface area contributed by atoms with E-state index in [4.69, 9.17) is 4.74 Å². The van der Waals surface area contributed by atoms with Gasteiger partial charge in [0.05, 0.1) is 6.61 Å². The summed E-state index contributed by atoms with van der Waals surface area (Å²) in [6.45, 7) is 2.43. The van der Waals surface area contributed by atoms with E-state index in [1.54, 1.807) is 36.5 Å². The molecule has 3 amide bonds. The zero-order chi connectivity index (χ0) is 25.9. The van der Waals surface area contributed by atoms with Gasteiger partial charge >= 0.3 is 0 Å². The van der Waals surface area contributed by atoms with Crippen LogP contribution in [-0.4, -0.2) is 43.0 Å². The van der Waals surface area contributed by atoms with Crippen molar-refractivity contribution in [1.29, 1.82) is 0 Å². The number of nitrogens with one attached hydrogen (secondary N) is 2. The number of ether oxygens (including phenoxy) is 1. The molecule has 0 aliphatic rings. The van der Waals surface area contributed by atoms with Gasteiger partial charge in [-0.15, -0.1) is 0 Å². The number of hydrogen-bond acceptors (Lipinski definition) is 5. The smallest absolute Gasteiger partial charge is 0.247 e. The molecule has 2 aromatic carbocycles. The van der Waals surface area contributed by atoms with E-state index in [9.17, 15) is 18.8 Å². The maximum atomic E-state index is 13.7. The molecule has 3 aromatic rings. The van der Waals surface area contributed by atoms with Gasteiger partial charge in [-0.3, -0.25) is 19.3 Å². The van der Waals surface area contributed by atoms with Gasteiger partial charge in [0.25, 0.3) is 0 Å². The summed E-state index contributed by atoms with van der Waals surface area (Å²) >= 11 is 0. The average Bonchev–Trinajstić information content (AvgIpc) is 2.88. The fourth-order valence-corrected chi connectivity index (χ4v) is 3.56. The van der Waals surface area contributed by atoms with E-state index in [2.05, 4.69) is 15.6 Å². The highest BCUT2D eigenvalue weighted by Crippen LogP contribution is 2.29. The van der Waals surface area contributed by atoms with Crippen LogP contribution in [0.25, 0.3) is 0 Å². The minimum Gasteiger partial charge on any atom is -0.383 e. The number of carbonyl (C=O) groups is 3. The van der Waals surface area contributed by atoms with Crippen molar-refractivity contribution in [2.75, 3.05) is 30.5 Å². The molecule has 188 valence electrons. The Labute approximate surface area is 209 Å². The van der Waals surface area contributed by atoms with Crippen LogP contribution in [-0.2, 0) is 19.1 Å². The molecule has 0 unspecified atom stereocenters. The summed E-state index contributed by atoms with van der Waals surface area (Å²) in [4.78, 5) is 44.7. The number of amides is 3. The quantitative estimate of drug-likeness (QED) is 0.397. The SMILES string of the molecule is COCCNC(=O)[C@@H](c1ccc(F)cc1)N(C(=O)CCC(=O)Nc1ccccn1)c1ccc(C)cc1. The van der Waals surface area contributed by atoms with Crippen molar-refractivity contribution >= 4 is 29.2 Å². The molecule has 0 saturated carbocycles. The third-order valence-corrected chi connectivity index (χ3v) is 5.38. The molecular weight excluding hydrogens is 463 g/mol. The average molecular weight is 493 g/mol. The van der Waals surface area contributed by atoms with Gasteiger partial charge in [0.1, 0.15) is 17.7 Å². The minimum atomic E-state index is -1.09. The van der Waals surface area contributed by atoms with Crippen LogP contribution in [0.3, 0.4) is 0 Å². The van der Waals surface area contributed by atoms with Crippen LogP contribution in [0.2, 0.25) is 0 Å². The number of methoxy groups -OCH3 is 1. The molecule has 36 heavy (non-hydrogen) atoms. The Kier molecular flexibility index (Phi) is 9.64. The van der Waals surface area contributed by atoms with Crippen LogP contribution < -0.4 is 15.5 Å². The first-order chi connectivity index (χ1) is 17.4. The molecule has 1 atom stereocenters. The predicted molar refractivity (Wildman–Crippen MR) is 135 cm³/mol. The van der Waals surface area contributed by atoms with Crippen molar-refractivity contribution in [1.82, 2.24) is 10.3 Å². The summed E-state index contributed by atoms with van der Waals surface area (Å²) in [7, 11) is 1.52. The molecule has 0 aliphatic carbocycles. The number of hydrogen-bond donors (Lipinski definition) is 2. The molecule has 1 aromatic heterocycles. The Hall–Kier alpha value is -4.11. The highest BCUT2D eigenvalue weighted by molar-refractivity contribution is 6.03. The number of nitrogens with zero attached hydrogens (tertiary/aromatic N) is 2. The maximum absolute atomic E-state index is 13.7. The Morgan fingerprint density at radius 2 is 1.72 bits per heavy atom. The van der Waals surface area contributed by atoms with Gasteiger partial charge in [-0.05, 0) is 48.9 Å². The second-order valence-corrected chi connectivity index (χ2v) is 8.10. The number of halogens is 1. The van der Waals surface area contributed by atoms with Gasteiger partial charge in [-0.1, -0.05) is 35.9 Å². The number of aryl methyl sites for hydroxylation is 1. The fourth-order valence-electron chi connectivity index (χ4n) is 3.56. The lowest BCUT2D eigenvalue weighted by Crippen LogP contribution is -2.45. The first kappa shape index (κ1) is 26.5.